The van der Waals surface area contributed by atoms with Gasteiger partial charge in [0.2, 0.25) is 0 Å². The second-order valence-corrected chi connectivity index (χ2v) is 26.7. The first-order valence-corrected chi connectivity index (χ1v) is 37.7. The highest BCUT2D eigenvalue weighted by Crippen LogP contribution is 2.38. The third kappa shape index (κ3) is 26.3. The minimum Gasteiger partial charge on any atom is -0.490 e. The van der Waals surface area contributed by atoms with Crippen LogP contribution in [0.25, 0.3) is 67.9 Å². The van der Waals surface area contributed by atoms with Gasteiger partial charge in [0.05, 0.1) is 59.9 Å². The zero-order chi connectivity index (χ0) is 64.5. The summed E-state index contributed by atoms with van der Waals surface area (Å²) in [6.45, 7) is 11.9. The number of benzene rings is 6. The summed E-state index contributed by atoms with van der Waals surface area (Å²) in [5, 5.41) is 4.26. The van der Waals surface area contributed by atoms with Gasteiger partial charge >= 0.3 is 0 Å². The Morgan fingerprint density at radius 3 is 0.783 bits per heavy atom. The zero-order valence-corrected chi connectivity index (χ0v) is 58.2. The molecule has 8 heteroatoms. The number of nitrogen functional groups attached to an aromatic ring is 2. The predicted octanol–water partition coefficient (Wildman–Crippen LogP) is 25.8. The molecule has 7 aromatic rings. The van der Waals surface area contributed by atoms with Crippen LogP contribution in [-0.2, 0) is 0 Å². The first-order valence-electron chi connectivity index (χ1n) is 37.7. The second kappa shape index (κ2) is 44.3. The number of ether oxygens (including phenoxy) is 4. The molecule has 8 nitrogen and oxygen atoms in total. The molecule has 1 aromatic heterocycles. The fourth-order valence-corrected chi connectivity index (χ4v) is 12.9. The van der Waals surface area contributed by atoms with E-state index >= 15 is 0 Å². The van der Waals surface area contributed by atoms with Crippen LogP contribution >= 0.6 is 0 Å². The number of unbranched alkanes of at least 4 members (excludes halogenated alkanes) is 36. The third-order valence-corrected chi connectivity index (χ3v) is 18.7. The highest BCUT2D eigenvalue weighted by atomic mass is 16.5. The maximum absolute atomic E-state index is 6.59. The summed E-state index contributed by atoms with van der Waals surface area (Å²) >= 11 is 0. The number of nitrogens with zero attached hydrogens (tertiary/aromatic N) is 2. The Labute approximate surface area is 557 Å². The van der Waals surface area contributed by atoms with Crippen molar-refractivity contribution in [3.8, 4) is 23.0 Å². The van der Waals surface area contributed by atoms with Gasteiger partial charge in [0, 0.05) is 10.8 Å². The monoisotopic (exact) mass is 1250 g/mol. The third-order valence-electron chi connectivity index (χ3n) is 18.7. The van der Waals surface area contributed by atoms with Crippen LogP contribution < -0.4 is 30.4 Å². The maximum Gasteiger partial charge on any atom is 0.161 e. The van der Waals surface area contributed by atoms with Gasteiger partial charge in [-0.15, -0.1) is 0 Å². The summed E-state index contributed by atoms with van der Waals surface area (Å²) in [6.07, 6.45) is 60.7. The van der Waals surface area contributed by atoms with E-state index in [4.69, 9.17) is 40.4 Å². The average Bonchev–Trinajstić information content (AvgIpc) is 0.748. The smallest absolute Gasteiger partial charge is 0.161 e. The van der Waals surface area contributed by atoms with Crippen molar-refractivity contribution >= 4 is 79.3 Å². The minimum absolute atomic E-state index is 0.500. The quantitative estimate of drug-likeness (QED) is 0.0127. The molecule has 0 aliphatic carbocycles. The molecule has 0 aliphatic rings. The fraction of sp³-hybridized carbons (Fsp3) is 0.571. The molecule has 0 spiro atoms. The molecule has 6 aromatic carbocycles. The molecule has 0 amide bonds. The largest absolute Gasteiger partial charge is 0.490 e. The molecular formula is C84H122N4O4. The number of hydrogen-bond acceptors (Lipinski definition) is 8. The van der Waals surface area contributed by atoms with E-state index in [0.29, 0.717) is 37.8 Å². The first kappa shape index (κ1) is 73.1. The van der Waals surface area contributed by atoms with Gasteiger partial charge in [-0.05, 0) is 107 Å². The number of fused-ring (bicyclic) bond motifs is 7. The van der Waals surface area contributed by atoms with E-state index in [1.54, 1.807) is 0 Å². The lowest BCUT2D eigenvalue weighted by Gasteiger charge is -2.14. The first-order chi connectivity index (χ1) is 45.4. The van der Waals surface area contributed by atoms with Crippen molar-refractivity contribution in [3.05, 3.63) is 107 Å². The van der Waals surface area contributed by atoms with Gasteiger partial charge in [0.1, 0.15) is 0 Å². The average molecular weight is 1250 g/mol. The molecule has 0 saturated heterocycles. The van der Waals surface area contributed by atoms with Crippen LogP contribution in [0.15, 0.2) is 84.9 Å². The molecule has 0 bridgehead atoms. The van der Waals surface area contributed by atoms with Crippen molar-refractivity contribution in [2.24, 2.45) is 0 Å². The van der Waals surface area contributed by atoms with Crippen LogP contribution in [0, 0.1) is 0 Å². The van der Waals surface area contributed by atoms with E-state index in [9.17, 15) is 0 Å². The molecule has 7 rings (SSSR count). The molecule has 0 radical (unpaired) electrons. The highest BCUT2D eigenvalue weighted by molar-refractivity contribution is 6.24. The van der Waals surface area contributed by atoms with Gasteiger partial charge in [0.25, 0.3) is 0 Å². The molecule has 4 N–H and O–H groups in total. The van der Waals surface area contributed by atoms with Gasteiger partial charge in [-0.3, -0.25) is 0 Å². The Bertz CT molecular complexity index is 3020. The fourth-order valence-electron chi connectivity index (χ4n) is 12.9. The normalized spacial score (nSPS) is 11.9. The number of rotatable bonds is 52. The standard InChI is InChI=1S/C84H122N4O4/c1-5-9-13-17-21-25-29-33-37-41-57-89-79-55-51-69(63-81(79)91-59-43-39-35-31-27-23-19-15-11-7-3)47-45-67-49-53-71-73(61-67)74-62-68(50-54-72(74)84-83(71)87-77-65-75(85)76(86)66-78(77)88-84)46-48-70-52-56-80(90-58-42-38-34-30-26-22-18-14-10-6-2)82(64-70)92-60-44-40-36-32-28-24-20-16-12-8-4/h45-56,61-66H,5-44,57-60,85-86H2,1-4H3. The van der Waals surface area contributed by atoms with Gasteiger partial charge in [-0.25, -0.2) is 9.97 Å². The van der Waals surface area contributed by atoms with Crippen LogP contribution in [0.5, 0.6) is 23.0 Å². The van der Waals surface area contributed by atoms with Crippen molar-refractivity contribution in [1.29, 1.82) is 0 Å². The molecule has 0 fully saturated rings. The SMILES string of the molecule is CCCCCCCCCCCCOc1ccc(C=Cc2ccc3c(c2)c2cc(C=Cc4ccc(OCCCCCCCCCCCC)c(OCCCCCCCCCCCC)c4)ccc2c2nc4cc(N)c(N)cc4nc32)cc1OCCCCCCCCCCCC. The summed E-state index contributed by atoms with van der Waals surface area (Å²) < 4.78 is 26.2. The topological polar surface area (TPSA) is 115 Å². The summed E-state index contributed by atoms with van der Waals surface area (Å²) in [4.78, 5) is 10.5. The Morgan fingerprint density at radius 1 is 0.261 bits per heavy atom. The number of anilines is 2. The van der Waals surface area contributed by atoms with Gasteiger partial charge in [-0.1, -0.05) is 320 Å². The number of hydrogen-bond donors (Lipinski definition) is 2. The van der Waals surface area contributed by atoms with Crippen LogP contribution in [0.1, 0.15) is 307 Å². The van der Waals surface area contributed by atoms with Crippen molar-refractivity contribution in [2.45, 2.75) is 285 Å². The van der Waals surface area contributed by atoms with Crippen molar-refractivity contribution in [1.82, 2.24) is 9.97 Å². The molecule has 1 heterocycles. The lowest BCUT2D eigenvalue weighted by molar-refractivity contribution is 0.258. The van der Waals surface area contributed by atoms with E-state index in [0.717, 1.165) is 115 Å². The zero-order valence-electron chi connectivity index (χ0n) is 58.2. The predicted molar refractivity (Wildman–Crippen MR) is 401 cm³/mol. The van der Waals surface area contributed by atoms with E-state index in [1.165, 1.54) is 231 Å². The second-order valence-electron chi connectivity index (χ2n) is 26.7. The molecule has 502 valence electrons. The molecule has 0 unspecified atom stereocenters. The van der Waals surface area contributed by atoms with Gasteiger partial charge < -0.3 is 30.4 Å². The molecule has 0 aliphatic heterocycles. The molecule has 0 saturated carbocycles. The lowest BCUT2D eigenvalue weighted by Crippen LogP contribution is -2.03. The summed E-state index contributed by atoms with van der Waals surface area (Å²) in [7, 11) is 0. The summed E-state index contributed by atoms with van der Waals surface area (Å²) in [5.74, 6) is 3.34. The lowest BCUT2D eigenvalue weighted by atomic mass is 9.95. The van der Waals surface area contributed by atoms with Gasteiger partial charge in [-0.2, -0.15) is 0 Å². The summed E-state index contributed by atoms with van der Waals surface area (Å²) in [5.41, 5.74) is 21.1. The van der Waals surface area contributed by atoms with E-state index in [-0.39, 0.29) is 0 Å². The van der Waals surface area contributed by atoms with Crippen LogP contribution in [-0.4, -0.2) is 36.4 Å². The van der Waals surface area contributed by atoms with Crippen LogP contribution in [0.4, 0.5) is 11.4 Å². The Hall–Kier alpha value is -6.28. The maximum atomic E-state index is 6.59. The van der Waals surface area contributed by atoms with E-state index in [2.05, 4.69) is 125 Å². The van der Waals surface area contributed by atoms with Crippen molar-refractivity contribution < 1.29 is 18.9 Å². The van der Waals surface area contributed by atoms with Crippen LogP contribution in [0.2, 0.25) is 0 Å². The summed E-state index contributed by atoms with van der Waals surface area (Å²) in [6, 6.07) is 29.9. The molecule has 0 atom stereocenters. The van der Waals surface area contributed by atoms with E-state index in [1.807, 2.05) is 12.1 Å². The minimum atomic E-state index is 0.500. The Balaban J connectivity index is 1.09. The van der Waals surface area contributed by atoms with Crippen LogP contribution in [0.3, 0.4) is 0 Å². The Kier molecular flexibility index (Phi) is 35.3. The number of aromatic nitrogens is 2. The van der Waals surface area contributed by atoms with E-state index < -0.39 is 0 Å². The highest BCUT2D eigenvalue weighted by Gasteiger charge is 2.16. The molecular weight excluding hydrogens is 1130 g/mol. The van der Waals surface area contributed by atoms with Crippen molar-refractivity contribution in [3.63, 3.8) is 0 Å². The van der Waals surface area contributed by atoms with Gasteiger partial charge in [0.15, 0.2) is 23.0 Å². The Morgan fingerprint density at radius 2 is 0.500 bits per heavy atom. The van der Waals surface area contributed by atoms with Crippen molar-refractivity contribution in [2.75, 3.05) is 37.9 Å². The number of nitrogens with two attached hydrogens (primary N) is 2. The molecule has 92 heavy (non-hydrogen) atoms.